The van der Waals surface area contributed by atoms with Gasteiger partial charge < -0.3 is 15.9 Å². The van der Waals surface area contributed by atoms with Crippen LogP contribution in [0.4, 0.5) is 11.4 Å². The van der Waals surface area contributed by atoms with Gasteiger partial charge in [0.25, 0.3) is 10.0 Å². The highest BCUT2D eigenvalue weighted by Gasteiger charge is 2.45. The van der Waals surface area contributed by atoms with E-state index >= 15 is 0 Å². The second kappa shape index (κ2) is 7.48. The first-order chi connectivity index (χ1) is 13.4. The van der Waals surface area contributed by atoms with Crippen LogP contribution in [0.15, 0.2) is 47.4 Å². The Hall–Kier alpha value is -2.34. The van der Waals surface area contributed by atoms with Crippen LogP contribution in [0.3, 0.4) is 0 Å². The number of carboxylic acids is 1. The van der Waals surface area contributed by atoms with Gasteiger partial charge >= 0.3 is 5.97 Å². The fourth-order valence-corrected chi connectivity index (χ4v) is 7.15. The Kier molecular flexibility index (Phi) is 5.52. The lowest BCUT2D eigenvalue weighted by Gasteiger charge is -2.31. The average molecular weight is 461 g/mol. The summed E-state index contributed by atoms with van der Waals surface area (Å²) in [4.78, 5) is 10.8. The van der Waals surface area contributed by atoms with Crippen LogP contribution in [0.5, 0.6) is 0 Å². The number of aliphatic hydroxyl groups excluding tert-OH is 1. The van der Waals surface area contributed by atoms with Crippen LogP contribution >= 0.6 is 11.6 Å². The van der Waals surface area contributed by atoms with Crippen molar-refractivity contribution in [3.05, 3.63) is 53.1 Å². The van der Waals surface area contributed by atoms with E-state index in [0.717, 1.165) is 22.5 Å². The Morgan fingerprint density at radius 3 is 2.28 bits per heavy atom. The molecule has 2 atom stereocenters. The molecular formula is C17H17ClN2O7S2. The molecule has 0 aromatic heterocycles. The lowest BCUT2D eigenvalue weighted by molar-refractivity contribution is 0.0696. The fraction of sp³-hybridized carbons (Fsp3) is 0.235. The third-order valence-corrected chi connectivity index (χ3v) is 8.49. The third-order valence-electron chi connectivity index (χ3n) is 4.46. The number of nitrogens with zero attached hydrogens (tertiary/aromatic N) is 1. The number of halogens is 1. The first-order valence-electron chi connectivity index (χ1n) is 8.24. The molecule has 1 aliphatic rings. The van der Waals surface area contributed by atoms with E-state index in [9.17, 15) is 31.8 Å². The van der Waals surface area contributed by atoms with Crippen molar-refractivity contribution in [1.82, 2.24) is 0 Å². The summed E-state index contributed by atoms with van der Waals surface area (Å²) >= 11 is 6.04. The molecule has 1 fully saturated rings. The van der Waals surface area contributed by atoms with Gasteiger partial charge in [0.15, 0.2) is 9.84 Å². The molecule has 2 aromatic carbocycles. The minimum atomic E-state index is -4.55. The van der Waals surface area contributed by atoms with Gasteiger partial charge in [0, 0.05) is 5.69 Å². The minimum absolute atomic E-state index is 0.0529. The number of rotatable bonds is 5. The third kappa shape index (κ3) is 4.17. The SMILES string of the molecule is Nc1ccc(N([C@@H]2CS(=O)(=O)C[C@@H]2O)S(=O)(=O)c2cc(C(=O)O)ccc2Cl)cc1. The molecule has 1 saturated heterocycles. The van der Waals surface area contributed by atoms with Gasteiger partial charge in [0.2, 0.25) is 0 Å². The number of hydrogen-bond acceptors (Lipinski definition) is 7. The highest BCUT2D eigenvalue weighted by atomic mass is 35.5. The Morgan fingerprint density at radius 2 is 1.76 bits per heavy atom. The molecule has 9 nitrogen and oxygen atoms in total. The van der Waals surface area contributed by atoms with Gasteiger partial charge in [-0.3, -0.25) is 4.31 Å². The Bertz CT molecular complexity index is 1160. The van der Waals surface area contributed by atoms with Gasteiger partial charge in [0.1, 0.15) is 4.90 Å². The van der Waals surface area contributed by atoms with E-state index in [-0.39, 0.29) is 16.3 Å². The van der Waals surface area contributed by atoms with Crippen LogP contribution in [0, 0.1) is 0 Å². The lowest BCUT2D eigenvalue weighted by atomic mass is 10.2. The molecule has 1 heterocycles. The summed E-state index contributed by atoms with van der Waals surface area (Å²) in [5.74, 6) is -2.56. The number of sulfonamides is 1. The van der Waals surface area contributed by atoms with Crippen LogP contribution in [-0.2, 0) is 19.9 Å². The number of nitrogens with two attached hydrogens (primary N) is 1. The van der Waals surface area contributed by atoms with Crippen molar-refractivity contribution >= 4 is 48.8 Å². The van der Waals surface area contributed by atoms with Crippen molar-refractivity contribution in [2.24, 2.45) is 0 Å². The second-order valence-electron chi connectivity index (χ2n) is 6.55. The number of aromatic carboxylic acids is 1. The summed E-state index contributed by atoms with van der Waals surface area (Å²) in [5, 5.41) is 19.2. The summed E-state index contributed by atoms with van der Waals surface area (Å²) in [5.41, 5.74) is 5.73. The zero-order chi connectivity index (χ0) is 21.6. The highest BCUT2D eigenvalue weighted by molar-refractivity contribution is 7.93. The summed E-state index contributed by atoms with van der Waals surface area (Å²) in [7, 11) is -8.24. The van der Waals surface area contributed by atoms with Crippen LogP contribution in [0.1, 0.15) is 10.4 Å². The molecule has 0 bridgehead atoms. The van der Waals surface area contributed by atoms with Crippen LogP contribution in [-0.4, -0.2) is 56.7 Å². The van der Waals surface area contributed by atoms with Gasteiger partial charge in [-0.1, -0.05) is 11.6 Å². The van der Waals surface area contributed by atoms with Crippen molar-refractivity contribution in [3.63, 3.8) is 0 Å². The zero-order valence-corrected chi connectivity index (χ0v) is 17.2. The number of hydrogen-bond donors (Lipinski definition) is 3. The number of anilines is 2. The monoisotopic (exact) mass is 460 g/mol. The number of nitrogen functional groups attached to an aromatic ring is 1. The number of carbonyl (C=O) groups is 1. The maximum absolute atomic E-state index is 13.5. The number of carboxylic acid groups (broad SMARTS) is 1. The van der Waals surface area contributed by atoms with E-state index in [1.54, 1.807) is 0 Å². The van der Waals surface area contributed by atoms with Gasteiger partial charge in [0.05, 0.1) is 39.9 Å². The number of aliphatic hydroxyl groups is 1. The number of benzene rings is 2. The molecular weight excluding hydrogens is 444 g/mol. The first-order valence-corrected chi connectivity index (χ1v) is 11.9. The second-order valence-corrected chi connectivity index (χ2v) is 10.9. The molecule has 1 aliphatic heterocycles. The van der Waals surface area contributed by atoms with Crippen LogP contribution in [0.25, 0.3) is 0 Å². The van der Waals surface area contributed by atoms with Crippen LogP contribution < -0.4 is 10.0 Å². The van der Waals surface area contributed by atoms with E-state index < -0.39 is 54.4 Å². The molecule has 12 heteroatoms. The summed E-state index contributed by atoms with van der Waals surface area (Å²) < 4.78 is 51.7. The van der Waals surface area contributed by atoms with E-state index in [0.29, 0.717) is 5.69 Å². The van der Waals surface area contributed by atoms with Gasteiger partial charge in [-0.15, -0.1) is 0 Å². The number of sulfone groups is 1. The van der Waals surface area contributed by atoms with E-state index in [4.69, 9.17) is 17.3 Å². The smallest absolute Gasteiger partial charge is 0.335 e. The Morgan fingerprint density at radius 1 is 1.14 bits per heavy atom. The van der Waals surface area contributed by atoms with Crippen molar-refractivity contribution in [2.45, 2.75) is 17.0 Å². The Balaban J connectivity index is 2.22. The lowest BCUT2D eigenvalue weighted by Crippen LogP contribution is -2.47. The Labute approximate surface area is 172 Å². The maximum Gasteiger partial charge on any atom is 0.335 e. The minimum Gasteiger partial charge on any atom is -0.478 e. The normalized spacial score (nSPS) is 21.0. The van der Waals surface area contributed by atoms with Gasteiger partial charge in [-0.05, 0) is 42.5 Å². The van der Waals surface area contributed by atoms with Crippen molar-refractivity contribution < 1.29 is 31.8 Å². The van der Waals surface area contributed by atoms with E-state index in [1.807, 2.05) is 0 Å². The van der Waals surface area contributed by atoms with E-state index in [1.165, 1.54) is 24.3 Å². The summed E-state index contributed by atoms with van der Waals surface area (Å²) in [6.07, 6.45) is -1.48. The first kappa shape index (κ1) is 21.4. The quantitative estimate of drug-likeness (QED) is 0.557. The molecule has 2 aromatic rings. The summed E-state index contributed by atoms with van der Waals surface area (Å²) in [6.45, 7) is 0. The van der Waals surface area contributed by atoms with Crippen molar-refractivity contribution in [3.8, 4) is 0 Å². The maximum atomic E-state index is 13.5. The largest absolute Gasteiger partial charge is 0.478 e. The predicted octanol–water partition coefficient (Wildman–Crippen LogP) is 0.974. The topological polar surface area (TPSA) is 155 Å². The standard InChI is InChI=1S/C17H17ClN2O7S2/c18-13-6-1-10(17(22)23)7-16(13)29(26,27)20(12-4-2-11(19)3-5-12)14-8-28(24,25)9-15(14)21/h1-7,14-15,21H,8-9,19H2,(H,22,23)/t14-,15+/m1/s1. The molecule has 156 valence electrons. The average Bonchev–Trinajstić information content (AvgIpc) is 2.88. The molecule has 0 radical (unpaired) electrons. The molecule has 29 heavy (non-hydrogen) atoms. The van der Waals surface area contributed by atoms with Gasteiger partial charge in [-0.2, -0.15) is 0 Å². The molecule has 0 unspecified atom stereocenters. The predicted molar refractivity (Wildman–Crippen MR) is 107 cm³/mol. The zero-order valence-electron chi connectivity index (χ0n) is 14.8. The molecule has 0 spiro atoms. The van der Waals surface area contributed by atoms with Gasteiger partial charge in [-0.25, -0.2) is 21.6 Å². The van der Waals surface area contributed by atoms with E-state index in [2.05, 4.69) is 0 Å². The van der Waals surface area contributed by atoms with Crippen molar-refractivity contribution in [2.75, 3.05) is 21.5 Å². The molecule has 3 rings (SSSR count). The fourth-order valence-electron chi connectivity index (χ4n) is 3.10. The molecule has 0 saturated carbocycles. The highest BCUT2D eigenvalue weighted by Crippen LogP contribution is 2.34. The molecule has 0 amide bonds. The summed E-state index contributed by atoms with van der Waals surface area (Å²) in [6, 6.07) is 7.40. The molecule has 4 N–H and O–H groups in total. The van der Waals surface area contributed by atoms with Crippen molar-refractivity contribution in [1.29, 1.82) is 0 Å². The molecule has 0 aliphatic carbocycles. The van der Waals surface area contributed by atoms with Crippen LogP contribution in [0.2, 0.25) is 5.02 Å².